The number of hydrogen-bond donors (Lipinski definition) is 1. The largest absolute Gasteiger partial charge is 0.401 e. The molecule has 1 aromatic rings. The van der Waals surface area contributed by atoms with E-state index in [-0.39, 0.29) is 30.1 Å². The Kier molecular flexibility index (Phi) is 5.37. The highest BCUT2D eigenvalue weighted by atomic mass is 32.2. The van der Waals surface area contributed by atoms with Gasteiger partial charge in [-0.3, -0.25) is 4.90 Å². The first-order chi connectivity index (χ1) is 11.1. The van der Waals surface area contributed by atoms with Crippen LogP contribution in [0.4, 0.5) is 18.9 Å². The minimum absolute atomic E-state index is 0.0794. The van der Waals surface area contributed by atoms with Gasteiger partial charge in [0.2, 0.25) is 10.0 Å². The number of alkyl halides is 3. The van der Waals surface area contributed by atoms with Gasteiger partial charge < -0.3 is 4.90 Å². The Bertz CT molecular complexity index is 743. The maximum atomic E-state index is 12.5. The maximum absolute atomic E-state index is 12.5. The van der Waals surface area contributed by atoms with Crippen molar-refractivity contribution in [3.05, 3.63) is 23.8 Å². The Morgan fingerprint density at radius 2 is 1.92 bits per heavy atom. The third-order valence-corrected chi connectivity index (χ3v) is 4.71. The molecule has 0 aliphatic carbocycles. The number of primary sulfonamides is 1. The first-order valence-electron chi connectivity index (χ1n) is 7.22. The highest BCUT2D eigenvalue weighted by molar-refractivity contribution is 7.89. The highest BCUT2D eigenvalue weighted by Gasteiger charge is 2.31. The van der Waals surface area contributed by atoms with Gasteiger partial charge >= 0.3 is 6.18 Å². The van der Waals surface area contributed by atoms with Gasteiger partial charge in [0, 0.05) is 26.2 Å². The number of benzene rings is 1. The van der Waals surface area contributed by atoms with Crippen LogP contribution in [-0.4, -0.2) is 52.2 Å². The van der Waals surface area contributed by atoms with Crippen LogP contribution in [0, 0.1) is 11.3 Å². The molecule has 1 aliphatic rings. The van der Waals surface area contributed by atoms with Crippen LogP contribution in [0.1, 0.15) is 12.0 Å². The van der Waals surface area contributed by atoms with E-state index in [2.05, 4.69) is 0 Å². The van der Waals surface area contributed by atoms with Crippen molar-refractivity contribution in [2.75, 3.05) is 37.6 Å². The molecule has 0 spiro atoms. The van der Waals surface area contributed by atoms with Crippen molar-refractivity contribution in [1.29, 1.82) is 5.26 Å². The van der Waals surface area contributed by atoms with E-state index >= 15 is 0 Å². The summed E-state index contributed by atoms with van der Waals surface area (Å²) in [5, 5.41) is 14.4. The molecule has 0 radical (unpaired) electrons. The molecular formula is C14H17F3N4O2S. The van der Waals surface area contributed by atoms with Crippen LogP contribution in [0.25, 0.3) is 0 Å². The van der Waals surface area contributed by atoms with E-state index in [1.54, 1.807) is 11.0 Å². The van der Waals surface area contributed by atoms with Gasteiger partial charge in [0.15, 0.2) is 0 Å². The van der Waals surface area contributed by atoms with Crippen LogP contribution in [-0.2, 0) is 10.0 Å². The van der Waals surface area contributed by atoms with Crippen LogP contribution in [0.2, 0.25) is 0 Å². The summed E-state index contributed by atoms with van der Waals surface area (Å²) < 4.78 is 60.7. The molecule has 0 aromatic heterocycles. The van der Waals surface area contributed by atoms with E-state index in [1.165, 1.54) is 17.0 Å². The van der Waals surface area contributed by atoms with Crippen molar-refractivity contribution in [3.8, 4) is 6.07 Å². The Morgan fingerprint density at radius 3 is 2.50 bits per heavy atom. The topological polar surface area (TPSA) is 90.4 Å². The van der Waals surface area contributed by atoms with Gasteiger partial charge in [-0.1, -0.05) is 6.07 Å². The lowest BCUT2D eigenvalue weighted by Crippen LogP contribution is -2.37. The summed E-state index contributed by atoms with van der Waals surface area (Å²) in [6.07, 6.45) is -3.79. The second kappa shape index (κ2) is 6.96. The van der Waals surface area contributed by atoms with Gasteiger partial charge in [0.25, 0.3) is 0 Å². The zero-order valence-corrected chi connectivity index (χ0v) is 13.6. The van der Waals surface area contributed by atoms with Crippen molar-refractivity contribution in [2.24, 2.45) is 5.14 Å². The second-order valence-corrected chi connectivity index (χ2v) is 7.07. The number of nitrogens with zero attached hydrogens (tertiary/aromatic N) is 3. The zero-order valence-electron chi connectivity index (χ0n) is 12.8. The third-order valence-electron chi connectivity index (χ3n) is 3.75. The van der Waals surface area contributed by atoms with Gasteiger partial charge in [0.1, 0.15) is 11.0 Å². The number of nitrogens with two attached hydrogens (primary N) is 1. The molecule has 132 valence electrons. The van der Waals surface area contributed by atoms with Crippen molar-refractivity contribution in [2.45, 2.75) is 17.5 Å². The summed E-state index contributed by atoms with van der Waals surface area (Å²) in [4.78, 5) is 2.75. The molecule has 0 bridgehead atoms. The number of halogens is 3. The molecule has 1 heterocycles. The summed E-state index contributed by atoms with van der Waals surface area (Å²) >= 11 is 0. The van der Waals surface area contributed by atoms with E-state index < -0.39 is 22.7 Å². The summed E-state index contributed by atoms with van der Waals surface area (Å²) in [7, 11) is -4.06. The van der Waals surface area contributed by atoms with Crippen LogP contribution >= 0.6 is 0 Å². The monoisotopic (exact) mass is 362 g/mol. The molecule has 0 unspecified atom stereocenters. The number of nitriles is 1. The van der Waals surface area contributed by atoms with Gasteiger partial charge in [-0.25, -0.2) is 13.6 Å². The Hall–Kier alpha value is -1.83. The molecule has 0 amide bonds. The Morgan fingerprint density at radius 1 is 1.21 bits per heavy atom. The minimum Gasteiger partial charge on any atom is -0.369 e. The molecule has 10 heteroatoms. The van der Waals surface area contributed by atoms with Crippen molar-refractivity contribution in [1.82, 2.24) is 4.90 Å². The van der Waals surface area contributed by atoms with E-state index in [0.29, 0.717) is 18.7 Å². The van der Waals surface area contributed by atoms with Gasteiger partial charge in [-0.05, 0) is 18.6 Å². The third kappa shape index (κ3) is 4.59. The van der Waals surface area contributed by atoms with Gasteiger partial charge in [0.05, 0.1) is 17.8 Å². The minimum atomic E-state index is -4.26. The lowest BCUT2D eigenvalue weighted by molar-refractivity contribution is -0.145. The van der Waals surface area contributed by atoms with Gasteiger partial charge in [-0.15, -0.1) is 0 Å². The van der Waals surface area contributed by atoms with E-state index in [4.69, 9.17) is 5.14 Å². The van der Waals surface area contributed by atoms with Gasteiger partial charge in [-0.2, -0.15) is 18.4 Å². The summed E-state index contributed by atoms with van der Waals surface area (Å²) in [6.45, 7) is 0.163. The van der Waals surface area contributed by atoms with E-state index in [9.17, 15) is 26.9 Å². The molecule has 2 N–H and O–H groups in total. The van der Waals surface area contributed by atoms with Crippen molar-refractivity contribution < 1.29 is 21.6 Å². The summed E-state index contributed by atoms with van der Waals surface area (Å²) in [6, 6.07) is 6.13. The fraction of sp³-hybridized carbons (Fsp3) is 0.500. The average molecular weight is 362 g/mol. The van der Waals surface area contributed by atoms with Crippen LogP contribution in [0.3, 0.4) is 0 Å². The van der Waals surface area contributed by atoms with E-state index in [0.717, 1.165) is 0 Å². The highest BCUT2D eigenvalue weighted by Crippen LogP contribution is 2.27. The molecule has 0 atom stereocenters. The fourth-order valence-corrected chi connectivity index (χ4v) is 3.46. The predicted octanol–water partition coefficient (Wildman–Crippen LogP) is 1.28. The maximum Gasteiger partial charge on any atom is 0.401 e. The molecule has 24 heavy (non-hydrogen) atoms. The summed E-state index contributed by atoms with van der Waals surface area (Å²) in [5.74, 6) is 0. The van der Waals surface area contributed by atoms with Crippen LogP contribution in [0.5, 0.6) is 0 Å². The fourth-order valence-electron chi connectivity index (χ4n) is 2.76. The van der Waals surface area contributed by atoms with Crippen LogP contribution in [0.15, 0.2) is 23.1 Å². The predicted molar refractivity (Wildman–Crippen MR) is 81.9 cm³/mol. The number of rotatable bonds is 3. The Balaban J connectivity index is 2.26. The lowest BCUT2D eigenvalue weighted by atomic mass is 10.1. The standard InChI is InChI=1S/C14H17F3N4O2S/c15-14(16,17)10-20-5-2-6-21(8-7-20)12-3-1-4-13(11(12)9-18)24(19,22)23/h1,3-4H,2,5-8,10H2,(H2,19,22,23). The molecule has 1 saturated heterocycles. The summed E-state index contributed by atoms with van der Waals surface area (Å²) in [5.41, 5.74) is 0.294. The lowest BCUT2D eigenvalue weighted by Gasteiger charge is -2.25. The number of anilines is 1. The molecule has 2 rings (SSSR count). The van der Waals surface area contributed by atoms with Crippen molar-refractivity contribution >= 4 is 15.7 Å². The molecule has 1 aliphatic heterocycles. The molecule has 1 aromatic carbocycles. The smallest absolute Gasteiger partial charge is 0.369 e. The Labute approximate surface area is 138 Å². The first kappa shape index (κ1) is 18.5. The first-order valence-corrected chi connectivity index (χ1v) is 8.76. The van der Waals surface area contributed by atoms with Crippen molar-refractivity contribution in [3.63, 3.8) is 0 Å². The van der Waals surface area contributed by atoms with Crippen LogP contribution < -0.4 is 10.0 Å². The molecule has 6 nitrogen and oxygen atoms in total. The second-order valence-electron chi connectivity index (χ2n) is 5.54. The molecule has 1 fully saturated rings. The average Bonchev–Trinajstić information content (AvgIpc) is 2.69. The molecule has 0 saturated carbocycles. The molecular weight excluding hydrogens is 345 g/mol. The zero-order chi connectivity index (χ0) is 18.0. The SMILES string of the molecule is N#Cc1c(N2CCCN(CC(F)(F)F)CC2)cccc1S(N)(=O)=O. The number of hydrogen-bond acceptors (Lipinski definition) is 5. The quantitative estimate of drug-likeness (QED) is 0.875. The van der Waals surface area contributed by atoms with E-state index in [1.807, 2.05) is 6.07 Å². The number of sulfonamides is 1. The normalized spacial score (nSPS) is 17.4.